The number of benzene rings is 1. The van der Waals surface area contributed by atoms with Gasteiger partial charge < -0.3 is 14.2 Å². The number of nitrogens with zero attached hydrogens (tertiary/aromatic N) is 1. The first-order chi connectivity index (χ1) is 14.8. The van der Waals surface area contributed by atoms with E-state index in [9.17, 15) is 4.79 Å². The molecule has 1 aromatic carbocycles. The molecule has 31 heavy (non-hydrogen) atoms. The first-order valence-electron chi connectivity index (χ1n) is 12.1. The highest BCUT2D eigenvalue weighted by Gasteiger charge is 2.28. The summed E-state index contributed by atoms with van der Waals surface area (Å²) in [6.07, 6.45) is 8.03. The van der Waals surface area contributed by atoms with E-state index in [1.807, 2.05) is 32.9 Å². The molecule has 2 rings (SSSR count). The highest BCUT2D eigenvalue weighted by molar-refractivity contribution is 5.70. The minimum absolute atomic E-state index is 0.0162. The zero-order chi connectivity index (χ0) is 22.7. The zero-order valence-corrected chi connectivity index (χ0v) is 20.3. The first-order valence-corrected chi connectivity index (χ1v) is 12.1. The zero-order valence-electron chi connectivity index (χ0n) is 20.3. The Balaban J connectivity index is 1.76. The van der Waals surface area contributed by atoms with E-state index in [2.05, 4.69) is 30.9 Å². The van der Waals surface area contributed by atoms with Gasteiger partial charge in [-0.05, 0) is 51.8 Å². The Kier molecular flexibility index (Phi) is 10.8. The van der Waals surface area contributed by atoms with Crippen molar-refractivity contribution in [1.29, 1.82) is 0 Å². The van der Waals surface area contributed by atoms with Crippen molar-refractivity contribution in [3.05, 3.63) is 29.8 Å². The molecule has 1 aliphatic rings. The SMILES string of the molecule is CCCCCCCCOc1ccc(C2CN(C(C)CC(=O)OC(C)(C)C)CCO2)cc1. The summed E-state index contributed by atoms with van der Waals surface area (Å²) < 4.78 is 17.4. The minimum Gasteiger partial charge on any atom is -0.494 e. The molecule has 0 aliphatic carbocycles. The lowest BCUT2D eigenvalue weighted by Crippen LogP contribution is -2.44. The average molecular weight is 434 g/mol. The Morgan fingerprint density at radius 1 is 1.13 bits per heavy atom. The number of ether oxygens (including phenoxy) is 3. The van der Waals surface area contributed by atoms with E-state index in [0.717, 1.165) is 37.4 Å². The second-order valence-electron chi connectivity index (χ2n) is 9.68. The van der Waals surface area contributed by atoms with Crippen LogP contribution in [0.2, 0.25) is 0 Å². The molecule has 0 N–H and O–H groups in total. The molecule has 5 heteroatoms. The van der Waals surface area contributed by atoms with E-state index in [-0.39, 0.29) is 18.1 Å². The molecule has 1 heterocycles. The number of hydrogen-bond acceptors (Lipinski definition) is 5. The lowest BCUT2D eigenvalue weighted by molar-refractivity contribution is -0.156. The van der Waals surface area contributed by atoms with Gasteiger partial charge in [-0.15, -0.1) is 0 Å². The van der Waals surface area contributed by atoms with Crippen molar-refractivity contribution in [3.63, 3.8) is 0 Å². The van der Waals surface area contributed by atoms with Crippen LogP contribution in [0.1, 0.15) is 91.2 Å². The topological polar surface area (TPSA) is 48.0 Å². The molecule has 176 valence electrons. The Hall–Kier alpha value is -1.59. The molecule has 0 saturated carbocycles. The summed E-state index contributed by atoms with van der Waals surface area (Å²) in [5.41, 5.74) is 0.713. The smallest absolute Gasteiger partial charge is 0.307 e. The third-order valence-electron chi connectivity index (χ3n) is 5.62. The number of rotatable bonds is 12. The summed E-state index contributed by atoms with van der Waals surface area (Å²) in [4.78, 5) is 14.5. The van der Waals surface area contributed by atoms with Crippen LogP contribution < -0.4 is 4.74 Å². The van der Waals surface area contributed by atoms with Crippen molar-refractivity contribution >= 4 is 5.97 Å². The Labute approximate surface area is 189 Å². The molecule has 2 atom stereocenters. The second kappa shape index (κ2) is 13.1. The van der Waals surface area contributed by atoms with Crippen LogP contribution >= 0.6 is 0 Å². The van der Waals surface area contributed by atoms with Gasteiger partial charge in [0.05, 0.1) is 25.7 Å². The summed E-state index contributed by atoms with van der Waals surface area (Å²) in [5.74, 6) is 0.776. The number of morpholine rings is 1. The van der Waals surface area contributed by atoms with Crippen molar-refractivity contribution in [2.45, 2.75) is 97.3 Å². The molecule has 0 bridgehead atoms. The van der Waals surface area contributed by atoms with Gasteiger partial charge in [-0.2, -0.15) is 0 Å². The maximum absolute atomic E-state index is 12.2. The molecular weight excluding hydrogens is 390 g/mol. The van der Waals surface area contributed by atoms with E-state index in [4.69, 9.17) is 14.2 Å². The number of carbonyl (C=O) groups excluding carboxylic acids is 1. The summed E-state index contributed by atoms with van der Waals surface area (Å²) in [5, 5.41) is 0. The van der Waals surface area contributed by atoms with Crippen molar-refractivity contribution in [3.8, 4) is 5.75 Å². The monoisotopic (exact) mass is 433 g/mol. The van der Waals surface area contributed by atoms with Gasteiger partial charge in [-0.1, -0.05) is 51.2 Å². The van der Waals surface area contributed by atoms with Crippen LogP contribution in [0.25, 0.3) is 0 Å². The van der Waals surface area contributed by atoms with Gasteiger partial charge >= 0.3 is 5.97 Å². The number of esters is 1. The highest BCUT2D eigenvalue weighted by atomic mass is 16.6. The fourth-order valence-electron chi connectivity index (χ4n) is 3.88. The van der Waals surface area contributed by atoms with Gasteiger partial charge in [-0.25, -0.2) is 0 Å². The predicted molar refractivity (Wildman–Crippen MR) is 126 cm³/mol. The molecule has 0 aromatic heterocycles. The maximum atomic E-state index is 12.2. The van der Waals surface area contributed by atoms with Crippen molar-refractivity contribution in [2.75, 3.05) is 26.3 Å². The van der Waals surface area contributed by atoms with Gasteiger partial charge in [0.15, 0.2) is 0 Å². The molecular formula is C26H43NO4. The molecule has 1 saturated heterocycles. The minimum atomic E-state index is -0.441. The van der Waals surface area contributed by atoms with Gasteiger partial charge in [0.1, 0.15) is 11.4 Å². The van der Waals surface area contributed by atoms with E-state index in [1.54, 1.807) is 0 Å². The number of hydrogen-bond donors (Lipinski definition) is 0. The summed E-state index contributed by atoms with van der Waals surface area (Å²) >= 11 is 0. The van der Waals surface area contributed by atoms with Crippen molar-refractivity contribution < 1.29 is 19.0 Å². The second-order valence-corrected chi connectivity index (χ2v) is 9.68. The standard InChI is InChI=1S/C26H43NO4/c1-6-7-8-9-10-11-17-29-23-14-12-22(13-15-23)24-20-27(16-18-30-24)21(2)19-25(28)31-26(3,4)5/h12-15,21,24H,6-11,16-20H2,1-5H3. The maximum Gasteiger partial charge on any atom is 0.307 e. The van der Waals surface area contributed by atoms with E-state index < -0.39 is 5.60 Å². The van der Waals surface area contributed by atoms with Crippen LogP contribution in [0, 0.1) is 0 Å². The average Bonchev–Trinajstić information content (AvgIpc) is 2.72. The van der Waals surface area contributed by atoms with Crippen molar-refractivity contribution in [1.82, 2.24) is 4.90 Å². The summed E-state index contributed by atoms with van der Waals surface area (Å²) in [6.45, 7) is 13.1. The van der Waals surface area contributed by atoms with Crippen LogP contribution in [0.4, 0.5) is 0 Å². The van der Waals surface area contributed by atoms with Crippen LogP contribution in [0.3, 0.4) is 0 Å². The number of carbonyl (C=O) groups is 1. The normalized spacial score (nSPS) is 18.5. The predicted octanol–water partition coefficient (Wildman–Crippen LogP) is 5.92. The van der Waals surface area contributed by atoms with Gasteiger partial charge in [0.2, 0.25) is 0 Å². The fraction of sp³-hybridized carbons (Fsp3) is 0.731. The molecule has 0 radical (unpaired) electrons. The van der Waals surface area contributed by atoms with E-state index in [0.29, 0.717) is 13.0 Å². The first kappa shape index (κ1) is 25.7. The number of unbranched alkanes of at least 4 members (excludes halogenated alkanes) is 5. The molecule has 1 fully saturated rings. The Morgan fingerprint density at radius 2 is 1.81 bits per heavy atom. The van der Waals surface area contributed by atoms with Gasteiger partial charge in [0.25, 0.3) is 0 Å². The fourth-order valence-corrected chi connectivity index (χ4v) is 3.88. The van der Waals surface area contributed by atoms with Gasteiger partial charge in [0, 0.05) is 19.1 Å². The van der Waals surface area contributed by atoms with Crippen LogP contribution in [-0.4, -0.2) is 48.8 Å². The highest BCUT2D eigenvalue weighted by Crippen LogP contribution is 2.26. The van der Waals surface area contributed by atoms with Crippen LogP contribution in [0.15, 0.2) is 24.3 Å². The molecule has 1 aliphatic heterocycles. The molecule has 2 unspecified atom stereocenters. The summed E-state index contributed by atoms with van der Waals surface area (Å²) in [6, 6.07) is 8.41. The Bertz CT molecular complexity index is 638. The summed E-state index contributed by atoms with van der Waals surface area (Å²) in [7, 11) is 0. The van der Waals surface area contributed by atoms with Crippen LogP contribution in [-0.2, 0) is 14.3 Å². The van der Waals surface area contributed by atoms with Gasteiger partial charge in [-0.3, -0.25) is 9.69 Å². The molecule has 0 spiro atoms. The third-order valence-corrected chi connectivity index (χ3v) is 5.62. The van der Waals surface area contributed by atoms with Crippen molar-refractivity contribution in [2.24, 2.45) is 0 Å². The lowest BCUT2D eigenvalue weighted by atomic mass is 10.1. The Morgan fingerprint density at radius 3 is 2.48 bits per heavy atom. The molecule has 0 amide bonds. The van der Waals surface area contributed by atoms with Crippen LogP contribution in [0.5, 0.6) is 5.75 Å². The van der Waals surface area contributed by atoms with E-state index in [1.165, 1.54) is 32.1 Å². The largest absolute Gasteiger partial charge is 0.494 e. The lowest BCUT2D eigenvalue weighted by Gasteiger charge is -2.37. The molecule has 1 aromatic rings. The quantitative estimate of drug-likeness (QED) is 0.302. The third kappa shape index (κ3) is 10.0. The van der Waals surface area contributed by atoms with E-state index >= 15 is 0 Å². The molecule has 5 nitrogen and oxygen atoms in total.